The summed E-state index contributed by atoms with van der Waals surface area (Å²) in [5.74, 6) is 0. The summed E-state index contributed by atoms with van der Waals surface area (Å²) >= 11 is 0. The summed E-state index contributed by atoms with van der Waals surface area (Å²) in [5, 5.41) is -0.158. The molecule has 10 nitrogen and oxygen atoms in total. The van der Waals surface area contributed by atoms with E-state index in [-0.39, 0.29) is 21.7 Å². The minimum Gasteiger partial charge on any atom is -0.744 e. The lowest BCUT2D eigenvalue weighted by atomic mass is 10.1. The van der Waals surface area contributed by atoms with Crippen molar-refractivity contribution >= 4 is 42.4 Å². The van der Waals surface area contributed by atoms with Crippen molar-refractivity contribution in [2.75, 3.05) is 28.2 Å². The van der Waals surface area contributed by atoms with Crippen LogP contribution in [-0.2, 0) is 20.2 Å². The van der Waals surface area contributed by atoms with Crippen LogP contribution in [0.2, 0.25) is 0 Å². The van der Waals surface area contributed by atoms with Crippen molar-refractivity contribution in [2.45, 2.75) is 23.6 Å². The summed E-state index contributed by atoms with van der Waals surface area (Å²) in [4.78, 5) is 1.65. The van der Waals surface area contributed by atoms with Gasteiger partial charge >= 0.3 is 0 Å². The molecule has 0 aliphatic heterocycles. The Bertz CT molecular complexity index is 1450. The van der Waals surface area contributed by atoms with Crippen LogP contribution in [0, 0.1) is 13.8 Å². The second kappa shape index (κ2) is 15.6. The Labute approximate surface area is 236 Å². The zero-order valence-corrected chi connectivity index (χ0v) is 25.0. The lowest BCUT2D eigenvalue weighted by molar-refractivity contribution is -0.786. The first kappa shape index (κ1) is 36.8. The first-order valence-electron chi connectivity index (χ1n) is 11.8. The highest BCUT2D eigenvalue weighted by molar-refractivity contribution is 7.86. The van der Waals surface area contributed by atoms with Gasteiger partial charge in [0, 0.05) is 10.8 Å². The van der Waals surface area contributed by atoms with E-state index >= 15 is 0 Å². The predicted octanol–water partition coefficient (Wildman–Crippen LogP) is 0.541. The zero-order valence-electron chi connectivity index (χ0n) is 23.3. The number of hydrogen-bond donors (Lipinski definition) is 2. The van der Waals surface area contributed by atoms with Gasteiger partial charge in [-0.05, 0) is 50.2 Å². The molecule has 0 aliphatic carbocycles. The Balaban J connectivity index is 0.000000597. The van der Waals surface area contributed by atoms with Gasteiger partial charge in [0.05, 0.1) is 38.0 Å². The molecule has 0 bridgehead atoms. The first-order valence-corrected chi connectivity index (χ1v) is 14.6. The van der Waals surface area contributed by atoms with Crippen LogP contribution in [0.1, 0.15) is 11.1 Å². The van der Waals surface area contributed by atoms with E-state index < -0.39 is 30.0 Å². The van der Waals surface area contributed by atoms with Crippen LogP contribution in [0.15, 0.2) is 94.7 Å². The fourth-order valence-corrected chi connectivity index (χ4v) is 4.85. The lowest BCUT2D eigenvalue weighted by Crippen LogP contribution is -3.00. The van der Waals surface area contributed by atoms with E-state index in [9.17, 15) is 25.9 Å². The summed E-state index contributed by atoms with van der Waals surface area (Å²) < 4.78 is 66.1. The molecule has 0 amide bonds. The highest BCUT2D eigenvalue weighted by atomic mass is 32.2. The molecule has 0 unspecified atom stereocenters. The van der Waals surface area contributed by atoms with Gasteiger partial charge in [0.1, 0.15) is 31.6 Å². The molecule has 0 spiro atoms. The van der Waals surface area contributed by atoms with Gasteiger partial charge in [0.2, 0.25) is 0 Å². The molecule has 4 aromatic rings. The van der Waals surface area contributed by atoms with Crippen molar-refractivity contribution in [3.63, 3.8) is 0 Å². The minimum absolute atomic E-state index is 0. The molecule has 0 aliphatic rings. The number of aryl methyl sites for hydroxylation is 2. The van der Waals surface area contributed by atoms with E-state index in [2.05, 4.69) is 90.6 Å². The molecule has 0 radical (unpaired) electrons. The maximum atomic E-state index is 11.0. The van der Waals surface area contributed by atoms with Crippen LogP contribution >= 0.6 is 0 Å². The normalized spacial score (nSPS) is 10.9. The summed E-state index contributed by atoms with van der Waals surface area (Å²) in [6, 6.07) is 24.3. The Kier molecular flexibility index (Phi) is 14.3. The van der Waals surface area contributed by atoms with E-state index in [1.165, 1.54) is 56.6 Å². The van der Waals surface area contributed by atoms with Gasteiger partial charge < -0.3 is 29.9 Å². The molecule has 0 heterocycles. The monoisotopic (exact) mass is 594 g/mol. The first-order chi connectivity index (χ1) is 17.6. The molecule has 0 fully saturated rings. The third-order valence-electron chi connectivity index (χ3n) is 5.64. The molecule has 0 saturated heterocycles. The smallest absolute Gasteiger partial charge is 0.130 e. The molecular formula is C28H38N2O8S2. The summed E-state index contributed by atoms with van der Waals surface area (Å²) in [6.07, 6.45) is 0. The van der Waals surface area contributed by atoms with Gasteiger partial charge in [-0.2, -0.15) is 0 Å². The Morgan fingerprint density at radius 3 is 1.00 bits per heavy atom. The fraction of sp³-hybridized carbons (Fsp3) is 0.214. The van der Waals surface area contributed by atoms with Crippen molar-refractivity contribution in [1.29, 1.82) is 0 Å². The van der Waals surface area contributed by atoms with E-state index in [4.69, 9.17) is 0 Å². The zero-order chi connectivity index (χ0) is 28.7. The molecular weight excluding hydrogens is 556 g/mol. The number of benzene rings is 4. The molecule has 4 aromatic carbocycles. The minimum atomic E-state index is -4.74. The Morgan fingerprint density at radius 1 is 0.500 bits per heavy atom. The molecule has 4 rings (SSSR count). The summed E-state index contributed by atoms with van der Waals surface area (Å²) in [7, 11) is -0.959. The average molecular weight is 595 g/mol. The highest BCUT2D eigenvalue weighted by Gasteiger charge is 2.12. The van der Waals surface area contributed by atoms with Crippen LogP contribution in [0.25, 0.3) is 10.8 Å². The maximum absolute atomic E-state index is 11.0. The van der Waals surface area contributed by atoms with Gasteiger partial charge in [-0.3, -0.25) is 0 Å². The van der Waals surface area contributed by atoms with Gasteiger partial charge in [-0.1, -0.05) is 59.7 Å². The topological polar surface area (TPSA) is 186 Å². The largest absolute Gasteiger partial charge is 0.744 e. The molecule has 0 atom stereocenters. The van der Waals surface area contributed by atoms with Crippen LogP contribution in [0.4, 0.5) is 11.4 Å². The van der Waals surface area contributed by atoms with Crippen LogP contribution in [0.3, 0.4) is 0 Å². The predicted molar refractivity (Wildman–Crippen MR) is 154 cm³/mol. The fourth-order valence-electron chi connectivity index (χ4n) is 3.46. The van der Waals surface area contributed by atoms with E-state index in [1.54, 1.807) is 0 Å². The highest BCUT2D eigenvalue weighted by Crippen LogP contribution is 2.27. The van der Waals surface area contributed by atoms with Gasteiger partial charge in [-0.15, -0.1) is 0 Å². The van der Waals surface area contributed by atoms with Crippen molar-refractivity contribution < 1.29 is 46.7 Å². The third-order valence-corrected chi connectivity index (χ3v) is 7.43. The maximum Gasteiger partial charge on any atom is 0.130 e. The van der Waals surface area contributed by atoms with Gasteiger partial charge in [0.15, 0.2) is 0 Å². The molecule has 40 heavy (non-hydrogen) atoms. The standard InChI is InChI=1S/C10H8O6S2.2C9H13N.2H2O/c11-17(12,13)9-5-1-3-7-8(9)4-2-6-10(7)18(14,15)16;2*1-8-4-6-9(7-5-8)10(2)3;;/h1-6H,(H,11,12,13)(H,14,15,16);2*4-7H,1-3H3;2*1H2. The second-order valence-corrected chi connectivity index (χ2v) is 11.9. The Morgan fingerprint density at radius 2 is 0.775 bits per heavy atom. The Hall–Kier alpha value is -3.20. The molecule has 0 saturated carbocycles. The quantitative estimate of drug-likeness (QED) is 0.325. The van der Waals surface area contributed by atoms with E-state index in [0.29, 0.717) is 0 Å². The van der Waals surface area contributed by atoms with Crippen molar-refractivity contribution in [2.24, 2.45) is 0 Å². The number of quaternary nitrogens is 2. The summed E-state index contributed by atoms with van der Waals surface area (Å²) in [6.45, 7) is 4.21. The van der Waals surface area contributed by atoms with Crippen LogP contribution in [-0.4, -0.2) is 65.1 Å². The molecule has 0 aromatic heterocycles. The summed E-state index contributed by atoms with van der Waals surface area (Å²) in [5.41, 5.74) is 5.33. The number of nitrogens with one attached hydrogen (secondary N) is 2. The van der Waals surface area contributed by atoms with E-state index in [0.717, 1.165) is 12.1 Å². The van der Waals surface area contributed by atoms with Crippen molar-refractivity contribution in [1.82, 2.24) is 0 Å². The second-order valence-electron chi connectivity index (χ2n) is 9.25. The van der Waals surface area contributed by atoms with Gasteiger partial charge in [-0.25, -0.2) is 16.8 Å². The SMILES string of the molecule is Cc1ccc([NH+](C)C)cc1.Cc1ccc([NH+](C)C)cc1.O.O.O=S(=O)([O-])c1cccc2c(S(=O)(=O)[O-])cccc12. The van der Waals surface area contributed by atoms with Crippen LogP contribution < -0.4 is 9.80 Å². The number of rotatable bonds is 4. The van der Waals surface area contributed by atoms with Crippen molar-refractivity contribution in [3.05, 3.63) is 96.1 Å². The number of fused-ring (bicyclic) bond motifs is 1. The van der Waals surface area contributed by atoms with Crippen molar-refractivity contribution in [3.8, 4) is 0 Å². The lowest BCUT2D eigenvalue weighted by Gasteiger charge is -2.14. The number of hydrogen-bond acceptors (Lipinski definition) is 6. The molecule has 12 heteroatoms. The molecule has 6 N–H and O–H groups in total. The average Bonchev–Trinajstić information content (AvgIpc) is 2.83. The third kappa shape index (κ3) is 10.8. The molecule has 220 valence electrons. The van der Waals surface area contributed by atoms with E-state index in [1.807, 2.05) is 0 Å². The van der Waals surface area contributed by atoms with Gasteiger partial charge in [0.25, 0.3) is 0 Å². The van der Waals surface area contributed by atoms with Crippen LogP contribution in [0.5, 0.6) is 0 Å².